The summed E-state index contributed by atoms with van der Waals surface area (Å²) in [5.74, 6) is -0.988. The maximum absolute atomic E-state index is 12.5. The van der Waals surface area contributed by atoms with Crippen LogP contribution in [0.2, 0.25) is 0 Å². The molecule has 0 amide bonds. The van der Waals surface area contributed by atoms with Gasteiger partial charge in [0.15, 0.2) is 10.4 Å². The molecular weight excluding hydrogens is 366 g/mol. The summed E-state index contributed by atoms with van der Waals surface area (Å²) in [7, 11) is -2.67. The zero-order valence-electron chi connectivity index (χ0n) is 11.1. The topological polar surface area (TPSA) is 116 Å². The highest BCUT2D eigenvalue weighted by Gasteiger charge is 2.32. The Balaban J connectivity index is 2.37. The van der Waals surface area contributed by atoms with Gasteiger partial charge in [0, 0.05) is 7.05 Å². The Kier molecular flexibility index (Phi) is 4.21. The summed E-state index contributed by atoms with van der Waals surface area (Å²) >= 11 is 3.13. The fourth-order valence-corrected chi connectivity index (χ4v) is 3.54. The molecule has 0 saturated heterocycles. The lowest BCUT2D eigenvalue weighted by Gasteiger charge is -2.15. The van der Waals surface area contributed by atoms with Crippen LogP contribution < -0.4 is 0 Å². The van der Waals surface area contributed by atoms with Crippen LogP contribution in [0.25, 0.3) is 0 Å². The summed E-state index contributed by atoms with van der Waals surface area (Å²) < 4.78 is 31.7. The van der Waals surface area contributed by atoms with Crippen molar-refractivity contribution in [2.75, 3.05) is 7.05 Å². The first-order valence-electron chi connectivity index (χ1n) is 5.72. The fourth-order valence-electron chi connectivity index (χ4n) is 1.78. The van der Waals surface area contributed by atoms with E-state index in [1.165, 1.54) is 14.0 Å². The number of rotatable bonds is 5. The molecule has 2 aromatic rings. The van der Waals surface area contributed by atoms with Gasteiger partial charge < -0.3 is 9.52 Å². The molecular formula is C11H12BrN3O5S. The van der Waals surface area contributed by atoms with Crippen molar-refractivity contribution in [1.29, 1.82) is 0 Å². The van der Waals surface area contributed by atoms with Crippen LogP contribution in [0, 0.1) is 6.92 Å². The number of carbonyl (C=O) groups is 1. The Morgan fingerprint density at radius 1 is 1.52 bits per heavy atom. The van der Waals surface area contributed by atoms with Gasteiger partial charge in [0.2, 0.25) is 10.0 Å². The molecule has 114 valence electrons. The summed E-state index contributed by atoms with van der Waals surface area (Å²) in [5, 5.41) is 14.9. The van der Waals surface area contributed by atoms with E-state index in [2.05, 4.69) is 26.1 Å². The zero-order valence-corrected chi connectivity index (χ0v) is 13.5. The Morgan fingerprint density at radius 2 is 2.19 bits per heavy atom. The third-order valence-electron chi connectivity index (χ3n) is 2.77. The molecule has 0 fully saturated rings. The van der Waals surface area contributed by atoms with Crippen molar-refractivity contribution in [1.82, 2.24) is 14.5 Å². The third kappa shape index (κ3) is 3.01. The highest BCUT2D eigenvalue weighted by atomic mass is 79.9. The molecule has 2 aromatic heterocycles. The van der Waals surface area contributed by atoms with Crippen molar-refractivity contribution < 1.29 is 22.7 Å². The van der Waals surface area contributed by atoms with E-state index in [4.69, 9.17) is 9.52 Å². The number of sulfonamides is 1. The molecule has 0 aromatic carbocycles. The molecule has 8 nitrogen and oxygen atoms in total. The van der Waals surface area contributed by atoms with Gasteiger partial charge in [-0.05, 0) is 35.0 Å². The molecule has 2 N–H and O–H groups in total. The van der Waals surface area contributed by atoms with Crippen molar-refractivity contribution in [2.45, 2.75) is 18.4 Å². The molecule has 0 unspecified atom stereocenters. The summed E-state index contributed by atoms with van der Waals surface area (Å²) in [4.78, 5) is 10.7. The van der Waals surface area contributed by atoms with E-state index >= 15 is 0 Å². The number of hydrogen-bond acceptors (Lipinski definition) is 5. The summed E-state index contributed by atoms with van der Waals surface area (Å²) in [6.07, 6.45) is 0. The Labute approximate surface area is 128 Å². The lowest BCUT2D eigenvalue weighted by Crippen LogP contribution is -2.28. The second-order valence-electron chi connectivity index (χ2n) is 4.30. The number of halogens is 1. The highest BCUT2D eigenvalue weighted by Crippen LogP contribution is 2.23. The van der Waals surface area contributed by atoms with Gasteiger partial charge in [-0.2, -0.15) is 9.40 Å². The molecule has 0 saturated carbocycles. The van der Waals surface area contributed by atoms with Crippen molar-refractivity contribution in [3.8, 4) is 0 Å². The van der Waals surface area contributed by atoms with E-state index in [-0.39, 0.29) is 17.1 Å². The largest absolute Gasteiger partial charge is 0.476 e. The van der Waals surface area contributed by atoms with E-state index in [0.717, 1.165) is 4.31 Å². The van der Waals surface area contributed by atoms with Crippen LogP contribution in [-0.4, -0.2) is 41.0 Å². The van der Waals surface area contributed by atoms with Crippen LogP contribution in [-0.2, 0) is 16.6 Å². The quantitative estimate of drug-likeness (QED) is 0.816. The average molecular weight is 378 g/mol. The van der Waals surface area contributed by atoms with Gasteiger partial charge in [0.05, 0.1) is 12.2 Å². The van der Waals surface area contributed by atoms with Crippen LogP contribution >= 0.6 is 15.9 Å². The number of nitrogens with zero attached hydrogens (tertiary/aromatic N) is 2. The maximum Gasteiger partial charge on any atom is 0.357 e. The molecule has 0 aliphatic rings. The fraction of sp³-hybridized carbons (Fsp3) is 0.273. The summed E-state index contributed by atoms with van der Waals surface area (Å²) in [6.45, 7) is 1.42. The number of furan rings is 1. The Morgan fingerprint density at radius 3 is 2.71 bits per heavy atom. The van der Waals surface area contributed by atoms with E-state index < -0.39 is 21.7 Å². The molecule has 0 aliphatic heterocycles. The number of aromatic carboxylic acids is 1. The molecule has 21 heavy (non-hydrogen) atoms. The number of H-pyrrole nitrogens is 1. The molecule has 0 atom stereocenters. The molecule has 2 rings (SSSR count). The van der Waals surface area contributed by atoms with E-state index in [1.54, 1.807) is 12.1 Å². The maximum atomic E-state index is 12.5. The smallest absolute Gasteiger partial charge is 0.357 e. The number of aromatic nitrogens is 2. The summed E-state index contributed by atoms with van der Waals surface area (Å²) in [6, 6.07) is 3.26. The van der Waals surface area contributed by atoms with Crippen molar-refractivity contribution in [2.24, 2.45) is 0 Å². The van der Waals surface area contributed by atoms with E-state index in [1.807, 2.05) is 0 Å². The van der Waals surface area contributed by atoms with Gasteiger partial charge >= 0.3 is 5.97 Å². The van der Waals surface area contributed by atoms with Crippen LogP contribution in [0.4, 0.5) is 0 Å². The first kappa shape index (κ1) is 15.7. The van der Waals surface area contributed by atoms with Gasteiger partial charge in [0.25, 0.3) is 0 Å². The zero-order chi connectivity index (χ0) is 15.8. The van der Waals surface area contributed by atoms with Crippen molar-refractivity contribution >= 4 is 31.9 Å². The number of aromatic amines is 1. The number of carboxylic acids is 1. The molecule has 0 radical (unpaired) electrons. The molecule has 0 aliphatic carbocycles. The van der Waals surface area contributed by atoms with Gasteiger partial charge in [-0.1, -0.05) is 0 Å². The van der Waals surface area contributed by atoms with Crippen LogP contribution in [0.15, 0.2) is 26.1 Å². The minimum atomic E-state index is -4.01. The molecule has 0 bridgehead atoms. The Bertz CT molecular complexity index is 780. The van der Waals surface area contributed by atoms with Gasteiger partial charge in [0.1, 0.15) is 10.7 Å². The van der Waals surface area contributed by atoms with Crippen molar-refractivity contribution in [3.63, 3.8) is 0 Å². The predicted octanol–water partition coefficient (Wildman–Crippen LogP) is 1.59. The van der Waals surface area contributed by atoms with Crippen molar-refractivity contribution in [3.05, 3.63) is 34.0 Å². The first-order chi connectivity index (χ1) is 9.73. The summed E-state index contributed by atoms with van der Waals surface area (Å²) in [5.41, 5.74) is -0.361. The third-order valence-corrected chi connectivity index (χ3v) is 5.16. The normalized spacial score (nSPS) is 12.0. The van der Waals surface area contributed by atoms with Gasteiger partial charge in [-0.15, -0.1) is 0 Å². The second-order valence-corrected chi connectivity index (χ2v) is 7.06. The highest BCUT2D eigenvalue weighted by molar-refractivity contribution is 9.10. The van der Waals surface area contributed by atoms with Crippen LogP contribution in [0.5, 0.6) is 0 Å². The predicted molar refractivity (Wildman–Crippen MR) is 75.3 cm³/mol. The standard InChI is InChI=1S/C11H12BrN3O5S/c1-6-10(9(11(16)17)14-13-6)21(18,19)15(2)5-7-3-4-8(12)20-7/h3-4H,5H2,1-2H3,(H,13,14)(H,16,17). The number of carboxylic acid groups (broad SMARTS) is 1. The molecule has 0 spiro atoms. The minimum absolute atomic E-state index is 0.0301. The van der Waals surface area contributed by atoms with Gasteiger partial charge in [-0.25, -0.2) is 13.2 Å². The second kappa shape index (κ2) is 5.62. The van der Waals surface area contributed by atoms with Crippen LogP contribution in [0.1, 0.15) is 21.9 Å². The van der Waals surface area contributed by atoms with Gasteiger partial charge in [-0.3, -0.25) is 5.10 Å². The van der Waals surface area contributed by atoms with E-state index in [0.29, 0.717) is 10.4 Å². The number of aryl methyl sites for hydroxylation is 1. The first-order valence-corrected chi connectivity index (χ1v) is 7.95. The average Bonchev–Trinajstić information content (AvgIpc) is 2.95. The molecule has 2 heterocycles. The Hall–Kier alpha value is -1.65. The monoisotopic (exact) mass is 377 g/mol. The van der Waals surface area contributed by atoms with Crippen LogP contribution in [0.3, 0.4) is 0 Å². The minimum Gasteiger partial charge on any atom is -0.476 e. The number of hydrogen-bond donors (Lipinski definition) is 2. The molecule has 10 heteroatoms. The lowest BCUT2D eigenvalue weighted by atomic mass is 10.4. The van der Waals surface area contributed by atoms with E-state index in [9.17, 15) is 13.2 Å². The number of nitrogens with one attached hydrogen (secondary N) is 1. The SMILES string of the molecule is Cc1[nH]nc(C(=O)O)c1S(=O)(=O)N(C)Cc1ccc(Br)o1. The lowest BCUT2D eigenvalue weighted by molar-refractivity contribution is 0.0686.